The molecule has 0 aliphatic heterocycles. The monoisotopic (exact) mass is 284 g/mol. The molecule has 1 unspecified atom stereocenters. The fraction of sp³-hybridized carbons (Fsp3) is 0.176. The summed E-state index contributed by atoms with van der Waals surface area (Å²) in [6.45, 7) is 2.58. The van der Waals surface area contributed by atoms with Crippen LogP contribution >= 0.6 is 11.3 Å². The van der Waals surface area contributed by atoms with Crippen molar-refractivity contribution < 1.29 is 9.84 Å². The Bertz CT molecular complexity index is 685. The Morgan fingerprint density at radius 2 is 1.95 bits per heavy atom. The molecule has 2 aromatic carbocycles. The van der Waals surface area contributed by atoms with E-state index in [2.05, 4.69) is 18.2 Å². The van der Waals surface area contributed by atoms with Crippen LogP contribution in [-0.4, -0.2) is 11.7 Å². The minimum absolute atomic E-state index is 0.604. The molecule has 102 valence electrons. The van der Waals surface area contributed by atoms with Crippen molar-refractivity contribution >= 4 is 21.4 Å². The van der Waals surface area contributed by atoms with E-state index in [0.29, 0.717) is 6.61 Å². The molecular formula is C17H16O2S. The zero-order valence-electron chi connectivity index (χ0n) is 11.2. The van der Waals surface area contributed by atoms with E-state index >= 15 is 0 Å². The number of aliphatic hydroxyl groups is 1. The molecule has 1 N–H and O–H groups in total. The molecular weight excluding hydrogens is 268 g/mol. The van der Waals surface area contributed by atoms with E-state index in [1.165, 1.54) is 10.1 Å². The molecule has 1 atom stereocenters. The molecule has 3 heteroatoms. The van der Waals surface area contributed by atoms with Gasteiger partial charge in [-0.3, -0.25) is 0 Å². The summed E-state index contributed by atoms with van der Waals surface area (Å²) >= 11 is 1.63. The maximum atomic E-state index is 10.5. The van der Waals surface area contributed by atoms with Gasteiger partial charge in [0.25, 0.3) is 0 Å². The number of rotatable bonds is 4. The van der Waals surface area contributed by atoms with Crippen LogP contribution in [0.2, 0.25) is 0 Å². The van der Waals surface area contributed by atoms with Crippen molar-refractivity contribution in [1.29, 1.82) is 0 Å². The largest absolute Gasteiger partial charge is 0.494 e. The van der Waals surface area contributed by atoms with Gasteiger partial charge in [-0.25, -0.2) is 0 Å². The maximum Gasteiger partial charge on any atom is 0.119 e. The van der Waals surface area contributed by atoms with E-state index in [1.807, 2.05) is 43.3 Å². The van der Waals surface area contributed by atoms with Gasteiger partial charge in [0.05, 0.1) is 6.61 Å². The maximum absolute atomic E-state index is 10.5. The normalized spacial score (nSPS) is 12.5. The number of ether oxygens (including phenoxy) is 1. The fourth-order valence-electron chi connectivity index (χ4n) is 2.24. The molecule has 0 radical (unpaired) electrons. The second-order valence-corrected chi connectivity index (χ2v) is 5.71. The van der Waals surface area contributed by atoms with Crippen molar-refractivity contribution in [2.75, 3.05) is 6.61 Å². The highest BCUT2D eigenvalue weighted by atomic mass is 32.1. The van der Waals surface area contributed by atoms with E-state index in [0.717, 1.165) is 16.2 Å². The molecule has 0 spiro atoms. The average molecular weight is 284 g/mol. The first-order valence-electron chi connectivity index (χ1n) is 6.67. The summed E-state index contributed by atoms with van der Waals surface area (Å²) in [4.78, 5) is 0.958. The highest BCUT2D eigenvalue weighted by Gasteiger charge is 2.14. The molecule has 0 aliphatic rings. The minimum atomic E-state index is -0.604. The third kappa shape index (κ3) is 2.55. The van der Waals surface area contributed by atoms with E-state index in [4.69, 9.17) is 4.74 Å². The Balaban J connectivity index is 1.94. The van der Waals surface area contributed by atoms with Gasteiger partial charge in [0.1, 0.15) is 11.9 Å². The van der Waals surface area contributed by atoms with E-state index < -0.39 is 6.10 Å². The van der Waals surface area contributed by atoms with Crippen LogP contribution in [0.15, 0.2) is 54.6 Å². The molecule has 1 aromatic heterocycles. The molecule has 3 aromatic rings. The van der Waals surface area contributed by atoms with Crippen molar-refractivity contribution in [3.63, 3.8) is 0 Å². The fourth-order valence-corrected chi connectivity index (χ4v) is 3.32. The summed E-state index contributed by atoms with van der Waals surface area (Å²) in [5, 5.41) is 11.7. The minimum Gasteiger partial charge on any atom is -0.494 e. The Morgan fingerprint density at radius 1 is 1.10 bits per heavy atom. The zero-order chi connectivity index (χ0) is 13.9. The number of hydrogen-bond donors (Lipinski definition) is 1. The molecule has 0 fully saturated rings. The Kier molecular flexibility index (Phi) is 3.72. The first-order chi connectivity index (χ1) is 9.78. The molecule has 20 heavy (non-hydrogen) atoms. The standard InChI is InChI=1S/C17H16O2S/c1-2-19-14-8-5-7-13(10-14)17(18)16-11-12-6-3-4-9-15(12)20-16/h3-11,17-18H,2H2,1H3. The van der Waals surface area contributed by atoms with Gasteiger partial charge < -0.3 is 9.84 Å². The zero-order valence-corrected chi connectivity index (χ0v) is 12.1. The van der Waals surface area contributed by atoms with Gasteiger partial charge in [-0.2, -0.15) is 0 Å². The van der Waals surface area contributed by atoms with E-state index in [-0.39, 0.29) is 0 Å². The third-order valence-electron chi connectivity index (χ3n) is 3.20. The number of thiophene rings is 1. The van der Waals surface area contributed by atoms with Gasteiger partial charge in [-0.05, 0) is 42.1 Å². The molecule has 0 saturated heterocycles. The van der Waals surface area contributed by atoms with Gasteiger partial charge in [-0.15, -0.1) is 11.3 Å². The molecule has 0 saturated carbocycles. The first-order valence-corrected chi connectivity index (χ1v) is 7.49. The predicted molar refractivity (Wildman–Crippen MR) is 83.5 cm³/mol. The van der Waals surface area contributed by atoms with Crippen molar-refractivity contribution in [2.24, 2.45) is 0 Å². The van der Waals surface area contributed by atoms with Gasteiger partial charge in [0.15, 0.2) is 0 Å². The van der Waals surface area contributed by atoms with Crippen LogP contribution < -0.4 is 4.74 Å². The Hall–Kier alpha value is -1.84. The second kappa shape index (κ2) is 5.65. The lowest BCUT2D eigenvalue weighted by atomic mass is 10.1. The highest BCUT2D eigenvalue weighted by Crippen LogP contribution is 2.33. The van der Waals surface area contributed by atoms with Crippen molar-refractivity contribution in [3.8, 4) is 5.75 Å². The van der Waals surface area contributed by atoms with Crippen LogP contribution in [0.5, 0.6) is 5.75 Å². The lowest BCUT2D eigenvalue weighted by Gasteiger charge is -2.10. The molecule has 1 heterocycles. The lowest BCUT2D eigenvalue weighted by Crippen LogP contribution is -1.98. The first kappa shape index (κ1) is 13.2. The van der Waals surface area contributed by atoms with Gasteiger partial charge in [0, 0.05) is 9.58 Å². The molecule has 3 rings (SSSR count). The van der Waals surface area contributed by atoms with E-state index in [1.54, 1.807) is 11.3 Å². The van der Waals surface area contributed by atoms with Crippen LogP contribution in [-0.2, 0) is 0 Å². The second-order valence-electron chi connectivity index (χ2n) is 4.59. The topological polar surface area (TPSA) is 29.5 Å². The van der Waals surface area contributed by atoms with Gasteiger partial charge in [-0.1, -0.05) is 30.3 Å². The lowest BCUT2D eigenvalue weighted by molar-refractivity contribution is 0.223. The summed E-state index contributed by atoms with van der Waals surface area (Å²) < 4.78 is 6.68. The van der Waals surface area contributed by atoms with E-state index in [9.17, 15) is 5.11 Å². The number of benzene rings is 2. The van der Waals surface area contributed by atoms with Crippen LogP contribution in [0.4, 0.5) is 0 Å². The van der Waals surface area contributed by atoms with Crippen molar-refractivity contribution in [3.05, 3.63) is 65.0 Å². The van der Waals surface area contributed by atoms with Crippen LogP contribution in [0, 0.1) is 0 Å². The summed E-state index contributed by atoms with van der Waals surface area (Å²) in [5.74, 6) is 0.796. The highest BCUT2D eigenvalue weighted by molar-refractivity contribution is 7.19. The molecule has 0 amide bonds. The average Bonchev–Trinajstić information content (AvgIpc) is 2.91. The molecule has 0 bridgehead atoms. The predicted octanol–water partition coefficient (Wildman–Crippen LogP) is 4.38. The quantitative estimate of drug-likeness (QED) is 0.770. The van der Waals surface area contributed by atoms with Gasteiger partial charge >= 0.3 is 0 Å². The van der Waals surface area contributed by atoms with Crippen molar-refractivity contribution in [1.82, 2.24) is 0 Å². The molecule has 2 nitrogen and oxygen atoms in total. The summed E-state index contributed by atoms with van der Waals surface area (Å²) in [6, 6.07) is 17.9. The number of hydrogen-bond acceptors (Lipinski definition) is 3. The van der Waals surface area contributed by atoms with Crippen LogP contribution in [0.1, 0.15) is 23.5 Å². The Morgan fingerprint density at radius 3 is 2.75 bits per heavy atom. The van der Waals surface area contributed by atoms with Crippen LogP contribution in [0.25, 0.3) is 10.1 Å². The molecule has 0 aliphatic carbocycles. The smallest absolute Gasteiger partial charge is 0.119 e. The van der Waals surface area contributed by atoms with Crippen LogP contribution in [0.3, 0.4) is 0 Å². The number of aliphatic hydroxyl groups excluding tert-OH is 1. The summed E-state index contributed by atoms with van der Waals surface area (Å²) in [5.41, 5.74) is 0.863. The number of fused-ring (bicyclic) bond motifs is 1. The summed E-state index contributed by atoms with van der Waals surface area (Å²) in [7, 11) is 0. The van der Waals surface area contributed by atoms with Gasteiger partial charge in [0.2, 0.25) is 0 Å². The SMILES string of the molecule is CCOc1cccc(C(O)c2cc3ccccc3s2)c1. The third-order valence-corrected chi connectivity index (χ3v) is 4.37. The Labute approximate surface area is 122 Å². The summed E-state index contributed by atoms with van der Waals surface area (Å²) in [6.07, 6.45) is -0.604. The van der Waals surface area contributed by atoms with Crippen molar-refractivity contribution in [2.45, 2.75) is 13.0 Å².